The summed E-state index contributed by atoms with van der Waals surface area (Å²) < 4.78 is 0. The van der Waals surface area contributed by atoms with Crippen molar-refractivity contribution in [1.29, 1.82) is 0 Å². The van der Waals surface area contributed by atoms with Gasteiger partial charge in [0.2, 0.25) is 5.91 Å². The van der Waals surface area contributed by atoms with Crippen LogP contribution in [0.5, 0.6) is 0 Å². The molecular weight excluding hydrogens is 280 g/mol. The fourth-order valence-electron chi connectivity index (χ4n) is 2.60. The number of aromatic nitrogens is 1. The first-order valence-electron chi connectivity index (χ1n) is 7.90. The predicted molar refractivity (Wildman–Crippen MR) is 84.4 cm³/mol. The molecule has 1 saturated heterocycles. The van der Waals surface area contributed by atoms with Crippen molar-refractivity contribution in [3.05, 3.63) is 30.1 Å². The molecule has 0 aromatic carbocycles. The van der Waals surface area contributed by atoms with Crippen LogP contribution in [0.15, 0.2) is 24.5 Å². The van der Waals surface area contributed by atoms with E-state index >= 15 is 0 Å². The van der Waals surface area contributed by atoms with E-state index in [1.165, 1.54) is 0 Å². The van der Waals surface area contributed by atoms with Gasteiger partial charge in [0.25, 0.3) is 0 Å². The number of urea groups is 1. The number of nitrogens with zero attached hydrogens (tertiary/aromatic N) is 2. The number of hydrogen-bond acceptors (Lipinski definition) is 3. The van der Waals surface area contributed by atoms with Crippen molar-refractivity contribution in [1.82, 2.24) is 20.5 Å². The first-order valence-corrected chi connectivity index (χ1v) is 7.90. The van der Waals surface area contributed by atoms with Crippen molar-refractivity contribution in [2.75, 3.05) is 19.6 Å². The van der Waals surface area contributed by atoms with E-state index in [1.807, 2.05) is 24.0 Å². The molecule has 0 saturated carbocycles. The lowest BCUT2D eigenvalue weighted by molar-refractivity contribution is -0.122. The third-order valence-corrected chi connectivity index (χ3v) is 3.87. The number of carbonyl (C=O) groups is 2. The average molecular weight is 304 g/mol. The SMILES string of the molecule is CCNC(=O)N1CCC(NC(=O)CCc2ccncc2)CC1. The van der Waals surface area contributed by atoms with Gasteiger partial charge in [-0.2, -0.15) is 0 Å². The fourth-order valence-corrected chi connectivity index (χ4v) is 2.60. The van der Waals surface area contributed by atoms with E-state index in [0.717, 1.165) is 24.8 Å². The minimum absolute atomic E-state index is 0.00929. The zero-order valence-electron chi connectivity index (χ0n) is 13.0. The minimum atomic E-state index is -0.00929. The highest BCUT2D eigenvalue weighted by atomic mass is 16.2. The number of likely N-dealkylation sites (tertiary alicyclic amines) is 1. The molecule has 1 fully saturated rings. The van der Waals surface area contributed by atoms with Gasteiger partial charge in [-0.3, -0.25) is 9.78 Å². The molecule has 2 N–H and O–H groups in total. The highest BCUT2D eigenvalue weighted by Crippen LogP contribution is 2.11. The van der Waals surface area contributed by atoms with Crippen LogP contribution >= 0.6 is 0 Å². The van der Waals surface area contributed by atoms with Gasteiger partial charge in [-0.1, -0.05) is 0 Å². The van der Waals surface area contributed by atoms with Crippen molar-refractivity contribution in [3.63, 3.8) is 0 Å². The quantitative estimate of drug-likeness (QED) is 0.861. The van der Waals surface area contributed by atoms with Gasteiger partial charge in [-0.05, 0) is 43.9 Å². The Balaban J connectivity index is 1.67. The summed E-state index contributed by atoms with van der Waals surface area (Å²) in [6.07, 6.45) is 6.33. The van der Waals surface area contributed by atoms with Gasteiger partial charge >= 0.3 is 6.03 Å². The Labute approximate surface area is 131 Å². The smallest absolute Gasteiger partial charge is 0.317 e. The average Bonchev–Trinajstić information content (AvgIpc) is 2.55. The van der Waals surface area contributed by atoms with Crippen molar-refractivity contribution in [2.45, 2.75) is 38.6 Å². The zero-order chi connectivity index (χ0) is 15.8. The van der Waals surface area contributed by atoms with Crippen molar-refractivity contribution in [2.24, 2.45) is 0 Å². The van der Waals surface area contributed by atoms with Crippen LogP contribution in [0.25, 0.3) is 0 Å². The van der Waals surface area contributed by atoms with Crippen LogP contribution in [0.3, 0.4) is 0 Å². The number of hydrogen-bond donors (Lipinski definition) is 2. The number of rotatable bonds is 5. The van der Waals surface area contributed by atoms with Crippen LogP contribution in [0.4, 0.5) is 4.79 Å². The lowest BCUT2D eigenvalue weighted by atomic mass is 10.0. The molecule has 6 nitrogen and oxygen atoms in total. The molecule has 1 aliphatic rings. The molecule has 0 bridgehead atoms. The van der Waals surface area contributed by atoms with Crippen LogP contribution in [0.2, 0.25) is 0 Å². The molecule has 1 aromatic rings. The van der Waals surface area contributed by atoms with Crippen LogP contribution in [-0.4, -0.2) is 47.5 Å². The largest absolute Gasteiger partial charge is 0.353 e. The summed E-state index contributed by atoms with van der Waals surface area (Å²) in [5.41, 5.74) is 1.12. The fraction of sp³-hybridized carbons (Fsp3) is 0.562. The minimum Gasteiger partial charge on any atom is -0.353 e. The summed E-state index contributed by atoms with van der Waals surface area (Å²) in [5, 5.41) is 5.87. The Morgan fingerprint density at radius 2 is 1.95 bits per heavy atom. The van der Waals surface area contributed by atoms with Gasteiger partial charge in [-0.15, -0.1) is 0 Å². The van der Waals surface area contributed by atoms with E-state index in [0.29, 0.717) is 26.1 Å². The number of aryl methyl sites for hydroxylation is 1. The maximum absolute atomic E-state index is 12.0. The zero-order valence-corrected chi connectivity index (χ0v) is 13.0. The number of pyridine rings is 1. The summed E-state index contributed by atoms with van der Waals surface area (Å²) >= 11 is 0. The van der Waals surface area contributed by atoms with Crippen molar-refractivity contribution >= 4 is 11.9 Å². The number of carbonyl (C=O) groups excluding carboxylic acids is 2. The van der Waals surface area contributed by atoms with E-state index < -0.39 is 0 Å². The highest BCUT2D eigenvalue weighted by molar-refractivity contribution is 5.77. The van der Waals surface area contributed by atoms with E-state index in [2.05, 4.69) is 15.6 Å². The van der Waals surface area contributed by atoms with Gasteiger partial charge in [0.05, 0.1) is 0 Å². The lowest BCUT2D eigenvalue weighted by Crippen LogP contribution is -2.49. The monoisotopic (exact) mass is 304 g/mol. The molecule has 6 heteroatoms. The molecule has 0 atom stereocenters. The Morgan fingerprint density at radius 1 is 1.27 bits per heavy atom. The molecule has 0 unspecified atom stereocenters. The molecule has 1 aliphatic heterocycles. The Bertz CT molecular complexity index is 484. The summed E-state index contributed by atoms with van der Waals surface area (Å²) in [6.45, 7) is 3.94. The molecule has 0 aliphatic carbocycles. The molecule has 120 valence electrons. The third-order valence-electron chi connectivity index (χ3n) is 3.87. The van der Waals surface area contributed by atoms with E-state index in [9.17, 15) is 9.59 Å². The summed E-state index contributed by atoms with van der Waals surface area (Å²) in [6, 6.07) is 4.02. The number of amides is 3. The molecule has 2 rings (SSSR count). The van der Waals surface area contributed by atoms with Crippen molar-refractivity contribution in [3.8, 4) is 0 Å². The lowest BCUT2D eigenvalue weighted by Gasteiger charge is -2.32. The molecule has 22 heavy (non-hydrogen) atoms. The summed E-state index contributed by atoms with van der Waals surface area (Å²) in [4.78, 5) is 29.5. The first kappa shape index (κ1) is 16.3. The molecule has 3 amide bonds. The summed E-state index contributed by atoms with van der Waals surface area (Å²) in [5.74, 6) is 0.0771. The molecule has 0 spiro atoms. The molecule has 0 radical (unpaired) electrons. The molecule has 2 heterocycles. The van der Waals surface area contributed by atoms with Gasteiger partial charge in [0.1, 0.15) is 0 Å². The Hall–Kier alpha value is -2.11. The van der Waals surface area contributed by atoms with Crippen LogP contribution < -0.4 is 10.6 Å². The molecule has 1 aromatic heterocycles. The Kier molecular flexibility index (Phi) is 6.18. The van der Waals surface area contributed by atoms with Gasteiger partial charge in [0.15, 0.2) is 0 Å². The Morgan fingerprint density at radius 3 is 2.59 bits per heavy atom. The van der Waals surface area contributed by atoms with Crippen LogP contribution in [0.1, 0.15) is 31.7 Å². The van der Waals surface area contributed by atoms with Crippen molar-refractivity contribution < 1.29 is 9.59 Å². The predicted octanol–water partition coefficient (Wildman–Crippen LogP) is 1.32. The maximum Gasteiger partial charge on any atom is 0.317 e. The second-order valence-corrected chi connectivity index (χ2v) is 5.52. The molecular formula is C16H24N4O2. The first-order chi connectivity index (χ1) is 10.7. The van der Waals surface area contributed by atoms with E-state index in [4.69, 9.17) is 0 Å². The number of nitrogens with one attached hydrogen (secondary N) is 2. The van der Waals surface area contributed by atoms with Gasteiger partial charge < -0.3 is 15.5 Å². The maximum atomic E-state index is 12.0. The number of piperidine rings is 1. The van der Waals surface area contributed by atoms with Gasteiger partial charge in [0, 0.05) is 44.5 Å². The van der Waals surface area contributed by atoms with E-state index in [1.54, 1.807) is 12.4 Å². The highest BCUT2D eigenvalue weighted by Gasteiger charge is 2.23. The van der Waals surface area contributed by atoms with E-state index in [-0.39, 0.29) is 18.0 Å². The standard InChI is InChI=1S/C16H24N4O2/c1-2-18-16(22)20-11-7-14(8-12-20)19-15(21)4-3-13-5-9-17-10-6-13/h5-6,9-10,14H,2-4,7-8,11-12H2,1H3,(H,18,22)(H,19,21). The van der Waals surface area contributed by atoms with Gasteiger partial charge in [-0.25, -0.2) is 4.79 Å². The topological polar surface area (TPSA) is 74.3 Å². The second kappa shape index (κ2) is 8.36. The second-order valence-electron chi connectivity index (χ2n) is 5.52. The third kappa shape index (κ3) is 5.02. The van der Waals surface area contributed by atoms with Crippen LogP contribution in [0, 0.1) is 0 Å². The van der Waals surface area contributed by atoms with Crippen LogP contribution in [-0.2, 0) is 11.2 Å². The normalized spacial score (nSPS) is 15.4. The summed E-state index contributed by atoms with van der Waals surface area (Å²) in [7, 11) is 0.